The van der Waals surface area contributed by atoms with Gasteiger partial charge in [0.1, 0.15) is 11.3 Å². The van der Waals surface area contributed by atoms with Gasteiger partial charge in [0, 0.05) is 17.7 Å². The molecule has 0 spiro atoms. The van der Waals surface area contributed by atoms with Crippen molar-refractivity contribution >= 4 is 29.6 Å². The molecule has 36 heavy (non-hydrogen) atoms. The van der Waals surface area contributed by atoms with Crippen molar-refractivity contribution in [3.8, 4) is 17.2 Å². The predicted molar refractivity (Wildman–Crippen MR) is 129 cm³/mol. The fourth-order valence-electron chi connectivity index (χ4n) is 3.38. The summed E-state index contributed by atoms with van der Waals surface area (Å²) >= 11 is 0. The molecule has 1 heterocycles. The van der Waals surface area contributed by atoms with E-state index in [9.17, 15) is 19.7 Å². The van der Waals surface area contributed by atoms with Crippen molar-refractivity contribution in [2.45, 2.75) is 6.92 Å². The normalized spacial score (nSPS) is 13.7. The van der Waals surface area contributed by atoms with E-state index in [-0.39, 0.29) is 34.3 Å². The van der Waals surface area contributed by atoms with Crippen LogP contribution in [0, 0.1) is 10.1 Å². The molecular weight excluding hydrogens is 468 g/mol. The van der Waals surface area contributed by atoms with Gasteiger partial charge < -0.3 is 18.9 Å². The second-order valence-corrected chi connectivity index (χ2v) is 7.37. The Hall–Kier alpha value is -4.99. The van der Waals surface area contributed by atoms with Crippen LogP contribution in [-0.4, -0.2) is 36.5 Å². The van der Waals surface area contributed by atoms with E-state index >= 15 is 0 Å². The van der Waals surface area contributed by atoms with E-state index < -0.39 is 16.9 Å². The Balaban J connectivity index is 1.61. The minimum Gasteiger partial charge on any atom is -0.496 e. The number of methoxy groups -OCH3 is 1. The van der Waals surface area contributed by atoms with Crippen LogP contribution in [0.25, 0.3) is 6.08 Å². The first-order chi connectivity index (χ1) is 17.4. The lowest BCUT2D eigenvalue weighted by Gasteiger charge is -2.12. The summed E-state index contributed by atoms with van der Waals surface area (Å²) in [5.41, 5.74) is 0.937. The van der Waals surface area contributed by atoms with Crippen molar-refractivity contribution in [2.75, 3.05) is 13.7 Å². The van der Waals surface area contributed by atoms with Crippen LogP contribution in [-0.2, 0) is 9.53 Å². The van der Waals surface area contributed by atoms with Gasteiger partial charge in [-0.25, -0.2) is 14.6 Å². The van der Waals surface area contributed by atoms with Gasteiger partial charge >= 0.3 is 11.9 Å². The number of aliphatic imine (C=N–C) groups is 1. The van der Waals surface area contributed by atoms with Gasteiger partial charge in [0.15, 0.2) is 17.2 Å². The molecule has 0 unspecified atom stereocenters. The van der Waals surface area contributed by atoms with E-state index in [1.807, 2.05) is 0 Å². The first-order valence-electron chi connectivity index (χ1n) is 10.8. The highest BCUT2D eigenvalue weighted by Gasteiger charge is 2.25. The average molecular weight is 488 g/mol. The largest absolute Gasteiger partial charge is 0.496 e. The van der Waals surface area contributed by atoms with Gasteiger partial charge in [0.25, 0.3) is 5.69 Å². The number of non-ortho nitro benzene ring substituents is 1. The van der Waals surface area contributed by atoms with Crippen molar-refractivity contribution < 1.29 is 33.5 Å². The lowest BCUT2D eigenvalue weighted by Crippen LogP contribution is -2.11. The number of ether oxygens (including phenoxy) is 4. The number of hydrogen-bond acceptors (Lipinski definition) is 9. The maximum absolute atomic E-state index is 12.7. The number of nitro groups is 1. The van der Waals surface area contributed by atoms with Gasteiger partial charge in [-0.2, -0.15) is 0 Å². The van der Waals surface area contributed by atoms with E-state index in [0.717, 1.165) is 0 Å². The SMILES string of the molecule is CCOc1cc(/C=C2/N=C(c3cccc([N+](=O)[O-])c3)OC2=O)ccc1OC(=O)c1ccccc1OC. The van der Waals surface area contributed by atoms with Gasteiger partial charge in [-0.3, -0.25) is 10.1 Å². The first-order valence-corrected chi connectivity index (χ1v) is 10.8. The molecule has 0 N–H and O–H groups in total. The number of nitrogens with zero attached hydrogens (tertiary/aromatic N) is 2. The van der Waals surface area contributed by atoms with Crippen molar-refractivity contribution in [2.24, 2.45) is 4.99 Å². The predicted octanol–water partition coefficient (Wildman–Crippen LogP) is 4.57. The minimum absolute atomic E-state index is 0.00211. The molecule has 0 amide bonds. The Kier molecular flexibility index (Phi) is 7.05. The summed E-state index contributed by atoms with van der Waals surface area (Å²) in [5.74, 6) is -0.526. The van der Waals surface area contributed by atoms with E-state index in [2.05, 4.69) is 4.99 Å². The molecular formula is C26H20N2O8. The lowest BCUT2D eigenvalue weighted by molar-refractivity contribution is -0.384. The second-order valence-electron chi connectivity index (χ2n) is 7.37. The number of hydrogen-bond donors (Lipinski definition) is 0. The smallest absolute Gasteiger partial charge is 0.363 e. The van der Waals surface area contributed by atoms with Crippen molar-refractivity contribution in [3.05, 3.63) is 99.2 Å². The van der Waals surface area contributed by atoms with Crippen molar-refractivity contribution in [3.63, 3.8) is 0 Å². The van der Waals surface area contributed by atoms with Crippen LogP contribution in [0.1, 0.15) is 28.4 Å². The Labute approximate surface area is 205 Å². The van der Waals surface area contributed by atoms with E-state index in [1.165, 1.54) is 37.5 Å². The van der Waals surface area contributed by atoms with Gasteiger partial charge in [-0.05, 0) is 48.9 Å². The maximum Gasteiger partial charge on any atom is 0.363 e. The molecule has 0 radical (unpaired) electrons. The minimum atomic E-state index is -0.707. The summed E-state index contributed by atoms with van der Waals surface area (Å²) in [5, 5.41) is 11.0. The third kappa shape index (κ3) is 5.22. The quantitative estimate of drug-likeness (QED) is 0.148. The number of carbonyl (C=O) groups is 2. The number of carbonyl (C=O) groups excluding carboxylic acids is 2. The molecule has 10 heteroatoms. The second kappa shape index (κ2) is 10.5. The average Bonchev–Trinajstić information content (AvgIpc) is 3.25. The number of rotatable bonds is 8. The molecule has 0 atom stereocenters. The zero-order chi connectivity index (χ0) is 25.7. The van der Waals surface area contributed by atoms with Crippen molar-refractivity contribution in [1.29, 1.82) is 0 Å². The highest BCUT2D eigenvalue weighted by atomic mass is 16.6. The summed E-state index contributed by atoms with van der Waals surface area (Å²) in [4.78, 5) is 39.7. The third-order valence-electron chi connectivity index (χ3n) is 5.02. The Morgan fingerprint density at radius 1 is 1.06 bits per heavy atom. The Morgan fingerprint density at radius 3 is 2.61 bits per heavy atom. The molecule has 3 aromatic carbocycles. The Morgan fingerprint density at radius 2 is 1.86 bits per heavy atom. The molecule has 10 nitrogen and oxygen atoms in total. The summed E-state index contributed by atoms with van der Waals surface area (Å²) in [6.07, 6.45) is 1.47. The van der Waals surface area contributed by atoms with E-state index in [4.69, 9.17) is 18.9 Å². The van der Waals surface area contributed by atoms with Gasteiger partial charge in [-0.1, -0.05) is 24.3 Å². The number of esters is 2. The summed E-state index contributed by atoms with van der Waals surface area (Å²) in [7, 11) is 1.46. The van der Waals surface area contributed by atoms with Gasteiger partial charge in [0.05, 0.1) is 18.6 Å². The van der Waals surface area contributed by atoms with Crippen molar-refractivity contribution in [1.82, 2.24) is 0 Å². The Bertz CT molecular complexity index is 1410. The fourth-order valence-corrected chi connectivity index (χ4v) is 3.38. The molecule has 1 aliphatic heterocycles. The van der Waals surface area contributed by atoms with Gasteiger partial charge in [0.2, 0.25) is 5.90 Å². The first kappa shape index (κ1) is 24.1. The molecule has 0 fully saturated rings. The van der Waals surface area contributed by atoms with E-state index in [0.29, 0.717) is 23.5 Å². The number of nitro benzene ring substituents is 1. The summed E-state index contributed by atoms with van der Waals surface area (Å²) in [6, 6.07) is 17.1. The lowest BCUT2D eigenvalue weighted by atomic mass is 10.1. The van der Waals surface area contributed by atoms with Crippen LogP contribution in [0.15, 0.2) is 77.4 Å². The standard InChI is InChI=1S/C26H20N2O8/c1-3-34-23-14-16(11-12-22(23)35-25(29)19-9-4-5-10-21(19)33-2)13-20-26(30)36-24(27-20)17-7-6-8-18(15-17)28(31)32/h4-15H,3H2,1-2H3/b20-13+. The molecule has 0 saturated heterocycles. The molecule has 0 aliphatic carbocycles. The summed E-state index contributed by atoms with van der Waals surface area (Å²) in [6.45, 7) is 2.08. The molecule has 182 valence electrons. The highest BCUT2D eigenvalue weighted by Crippen LogP contribution is 2.32. The molecule has 0 aromatic heterocycles. The maximum atomic E-state index is 12.7. The molecule has 3 aromatic rings. The third-order valence-corrected chi connectivity index (χ3v) is 5.02. The zero-order valence-electron chi connectivity index (χ0n) is 19.3. The van der Waals surface area contributed by atoms with Crippen LogP contribution in [0.2, 0.25) is 0 Å². The highest BCUT2D eigenvalue weighted by molar-refractivity contribution is 6.13. The molecule has 4 rings (SSSR count). The molecule has 0 saturated carbocycles. The number of para-hydroxylation sites is 1. The monoisotopic (exact) mass is 488 g/mol. The number of benzene rings is 3. The molecule has 1 aliphatic rings. The van der Waals surface area contributed by atoms with Crippen LogP contribution >= 0.6 is 0 Å². The number of cyclic esters (lactones) is 1. The van der Waals surface area contributed by atoms with Gasteiger partial charge in [-0.15, -0.1) is 0 Å². The topological polar surface area (TPSA) is 127 Å². The summed E-state index contributed by atoms with van der Waals surface area (Å²) < 4.78 is 21.6. The van der Waals surface area contributed by atoms with Crippen LogP contribution in [0.3, 0.4) is 0 Å². The van der Waals surface area contributed by atoms with Crippen LogP contribution < -0.4 is 14.2 Å². The van der Waals surface area contributed by atoms with E-state index in [1.54, 1.807) is 49.4 Å². The van der Waals surface area contributed by atoms with Crippen LogP contribution in [0.5, 0.6) is 17.2 Å². The molecule has 0 bridgehead atoms. The zero-order valence-corrected chi connectivity index (χ0v) is 19.3. The van der Waals surface area contributed by atoms with Crippen LogP contribution in [0.4, 0.5) is 5.69 Å². The fraction of sp³-hybridized carbons (Fsp3) is 0.115.